The molecule has 8 heteroatoms. The fraction of sp³-hybridized carbons (Fsp3) is 0.300. The molecular formula is C20H22N6O2. The maximum absolute atomic E-state index is 12.6. The second kappa shape index (κ2) is 7.67. The van der Waals surface area contributed by atoms with E-state index in [1.807, 2.05) is 48.5 Å². The normalized spacial score (nSPS) is 17.3. The van der Waals surface area contributed by atoms with Crippen LogP contribution in [0, 0.1) is 0 Å². The highest BCUT2D eigenvalue weighted by molar-refractivity contribution is 5.91. The molecule has 3 heterocycles. The van der Waals surface area contributed by atoms with Crippen LogP contribution < -0.4 is 5.69 Å². The average Bonchev–Trinajstić information content (AvgIpc) is 3.32. The molecule has 1 N–H and O–H groups in total. The maximum atomic E-state index is 12.6. The Morgan fingerprint density at radius 1 is 1.29 bits per heavy atom. The summed E-state index contributed by atoms with van der Waals surface area (Å²) >= 11 is 0. The van der Waals surface area contributed by atoms with Crippen LogP contribution in [0.5, 0.6) is 0 Å². The highest BCUT2D eigenvalue weighted by Gasteiger charge is 2.28. The van der Waals surface area contributed by atoms with Gasteiger partial charge in [0.25, 0.3) is 0 Å². The smallest absolute Gasteiger partial charge is 0.338 e. The molecule has 2 aromatic heterocycles. The van der Waals surface area contributed by atoms with Crippen LogP contribution in [-0.4, -0.2) is 48.4 Å². The Balaban J connectivity index is 1.53. The van der Waals surface area contributed by atoms with Gasteiger partial charge in [0.15, 0.2) is 0 Å². The lowest BCUT2D eigenvalue weighted by Crippen LogP contribution is -2.39. The Kier molecular flexibility index (Phi) is 4.92. The summed E-state index contributed by atoms with van der Waals surface area (Å²) in [7, 11) is 1.84. The number of H-pyrrole nitrogens is 1. The lowest BCUT2D eigenvalue weighted by molar-refractivity contribution is -0.127. The van der Waals surface area contributed by atoms with Crippen molar-refractivity contribution in [3.8, 4) is 5.69 Å². The number of likely N-dealkylation sites (tertiary alicyclic amines) is 1. The average molecular weight is 378 g/mol. The van der Waals surface area contributed by atoms with Crippen LogP contribution in [0.25, 0.3) is 11.8 Å². The van der Waals surface area contributed by atoms with Crippen LogP contribution in [0.15, 0.2) is 53.6 Å². The molecule has 1 saturated heterocycles. The number of para-hydroxylation sites is 1. The van der Waals surface area contributed by atoms with Gasteiger partial charge in [-0.1, -0.05) is 18.2 Å². The Labute approximate surface area is 162 Å². The summed E-state index contributed by atoms with van der Waals surface area (Å²) in [5, 5.41) is 10.9. The Bertz CT molecular complexity index is 1050. The molecule has 3 aromatic rings. The van der Waals surface area contributed by atoms with Crippen molar-refractivity contribution >= 4 is 12.0 Å². The van der Waals surface area contributed by atoms with E-state index in [1.54, 1.807) is 27.6 Å². The summed E-state index contributed by atoms with van der Waals surface area (Å²) in [6.07, 6.45) is 8.66. The number of carbonyl (C=O) groups is 1. The standard InChI is InChI=1S/C20H22N6O2/c1-24-13-15(12-21-24)9-10-18(27)25-11-5-6-16(14-25)19-22-23-20(28)26(19)17-7-3-2-4-8-17/h2-4,7-10,12-13,16H,5-6,11,14H2,1H3,(H,23,28)/b10-9+/t16-/m1/s1. The Hall–Kier alpha value is -3.42. The van der Waals surface area contributed by atoms with Crippen molar-refractivity contribution in [2.24, 2.45) is 7.05 Å². The number of nitrogens with zero attached hydrogens (tertiary/aromatic N) is 5. The van der Waals surface area contributed by atoms with Crippen LogP contribution in [0.3, 0.4) is 0 Å². The number of nitrogens with one attached hydrogen (secondary N) is 1. The van der Waals surface area contributed by atoms with Gasteiger partial charge in [0.05, 0.1) is 11.9 Å². The minimum Gasteiger partial charge on any atom is -0.338 e. The van der Waals surface area contributed by atoms with E-state index in [9.17, 15) is 9.59 Å². The number of aromatic amines is 1. The van der Waals surface area contributed by atoms with E-state index in [1.165, 1.54) is 0 Å². The molecule has 1 aliphatic rings. The van der Waals surface area contributed by atoms with Crippen molar-refractivity contribution in [2.75, 3.05) is 13.1 Å². The molecule has 4 rings (SSSR count). The Morgan fingerprint density at radius 3 is 2.86 bits per heavy atom. The second-order valence-corrected chi connectivity index (χ2v) is 6.96. The molecule has 0 unspecified atom stereocenters. The zero-order valence-corrected chi connectivity index (χ0v) is 15.7. The van der Waals surface area contributed by atoms with E-state index in [0.717, 1.165) is 24.1 Å². The molecule has 0 radical (unpaired) electrons. The maximum Gasteiger partial charge on any atom is 0.347 e. The van der Waals surface area contributed by atoms with E-state index < -0.39 is 0 Å². The number of hydrogen-bond donors (Lipinski definition) is 1. The molecule has 28 heavy (non-hydrogen) atoms. The summed E-state index contributed by atoms with van der Waals surface area (Å²) in [6.45, 7) is 1.24. The number of benzene rings is 1. The third-order valence-corrected chi connectivity index (χ3v) is 4.95. The van der Waals surface area contributed by atoms with Crippen LogP contribution in [0.2, 0.25) is 0 Å². The summed E-state index contributed by atoms with van der Waals surface area (Å²) < 4.78 is 3.30. The molecule has 1 atom stereocenters. The van der Waals surface area contributed by atoms with Crippen LogP contribution in [-0.2, 0) is 11.8 Å². The fourth-order valence-corrected chi connectivity index (χ4v) is 3.60. The summed E-state index contributed by atoms with van der Waals surface area (Å²) in [4.78, 5) is 26.8. The van der Waals surface area contributed by atoms with Crippen molar-refractivity contribution in [1.29, 1.82) is 0 Å². The van der Waals surface area contributed by atoms with Gasteiger partial charge in [-0.05, 0) is 31.1 Å². The summed E-state index contributed by atoms with van der Waals surface area (Å²) in [6, 6.07) is 9.44. The van der Waals surface area contributed by atoms with E-state index in [4.69, 9.17) is 0 Å². The van der Waals surface area contributed by atoms with E-state index in [0.29, 0.717) is 18.9 Å². The molecule has 1 amide bonds. The van der Waals surface area contributed by atoms with Gasteiger partial charge in [-0.25, -0.2) is 14.5 Å². The highest BCUT2D eigenvalue weighted by Crippen LogP contribution is 2.26. The first-order valence-electron chi connectivity index (χ1n) is 9.30. The third-order valence-electron chi connectivity index (χ3n) is 4.95. The molecule has 1 aliphatic heterocycles. The molecule has 8 nitrogen and oxygen atoms in total. The van der Waals surface area contributed by atoms with Gasteiger partial charge in [0.2, 0.25) is 5.91 Å². The zero-order valence-electron chi connectivity index (χ0n) is 15.7. The minimum atomic E-state index is -0.263. The van der Waals surface area contributed by atoms with E-state index in [2.05, 4.69) is 15.3 Å². The van der Waals surface area contributed by atoms with Crippen LogP contribution in [0.1, 0.15) is 30.1 Å². The largest absolute Gasteiger partial charge is 0.347 e. The highest BCUT2D eigenvalue weighted by atomic mass is 16.2. The number of aromatic nitrogens is 5. The number of carbonyl (C=O) groups excluding carboxylic acids is 1. The fourth-order valence-electron chi connectivity index (χ4n) is 3.60. The van der Waals surface area contributed by atoms with Crippen LogP contribution >= 0.6 is 0 Å². The number of hydrogen-bond acceptors (Lipinski definition) is 4. The first-order chi connectivity index (χ1) is 13.6. The van der Waals surface area contributed by atoms with Gasteiger partial charge in [0.1, 0.15) is 5.82 Å². The summed E-state index contributed by atoms with van der Waals surface area (Å²) in [5.74, 6) is 0.631. The minimum absolute atomic E-state index is 0.00338. The van der Waals surface area contributed by atoms with Gasteiger partial charge in [-0.15, -0.1) is 0 Å². The van der Waals surface area contributed by atoms with Gasteiger partial charge in [-0.3, -0.25) is 9.48 Å². The van der Waals surface area contributed by atoms with Crippen molar-refractivity contribution < 1.29 is 4.79 Å². The topological polar surface area (TPSA) is 88.8 Å². The quantitative estimate of drug-likeness (QED) is 0.700. The monoisotopic (exact) mass is 378 g/mol. The third kappa shape index (κ3) is 3.66. The second-order valence-electron chi connectivity index (χ2n) is 6.96. The molecule has 0 aliphatic carbocycles. The van der Waals surface area contributed by atoms with Crippen molar-refractivity contribution in [1.82, 2.24) is 29.4 Å². The van der Waals surface area contributed by atoms with Crippen LogP contribution in [0.4, 0.5) is 0 Å². The number of piperidine rings is 1. The Morgan fingerprint density at radius 2 is 2.11 bits per heavy atom. The predicted octanol–water partition coefficient (Wildman–Crippen LogP) is 1.71. The number of amides is 1. The van der Waals surface area contributed by atoms with Gasteiger partial charge in [-0.2, -0.15) is 10.2 Å². The first kappa shape index (κ1) is 18.0. The lowest BCUT2D eigenvalue weighted by atomic mass is 9.97. The number of rotatable bonds is 4. The predicted molar refractivity (Wildman–Crippen MR) is 105 cm³/mol. The van der Waals surface area contributed by atoms with Gasteiger partial charge < -0.3 is 4.90 Å². The molecule has 1 aromatic carbocycles. The van der Waals surface area contributed by atoms with Crippen molar-refractivity contribution in [2.45, 2.75) is 18.8 Å². The van der Waals surface area contributed by atoms with Crippen molar-refractivity contribution in [3.63, 3.8) is 0 Å². The molecule has 0 spiro atoms. The van der Waals surface area contributed by atoms with E-state index in [-0.39, 0.29) is 17.5 Å². The van der Waals surface area contributed by atoms with Gasteiger partial charge in [0, 0.05) is 43.9 Å². The number of aryl methyl sites for hydroxylation is 1. The molecule has 0 bridgehead atoms. The van der Waals surface area contributed by atoms with E-state index >= 15 is 0 Å². The van der Waals surface area contributed by atoms with Gasteiger partial charge >= 0.3 is 5.69 Å². The molecule has 0 saturated carbocycles. The lowest BCUT2D eigenvalue weighted by Gasteiger charge is -2.31. The first-order valence-corrected chi connectivity index (χ1v) is 9.30. The van der Waals surface area contributed by atoms with Crippen molar-refractivity contribution in [3.05, 3.63) is 70.7 Å². The molecule has 144 valence electrons. The summed E-state index contributed by atoms with van der Waals surface area (Å²) in [5.41, 5.74) is 1.40. The zero-order chi connectivity index (χ0) is 19.5. The molecular weight excluding hydrogens is 356 g/mol. The molecule has 1 fully saturated rings. The SMILES string of the molecule is Cn1cc(/C=C/C(=O)N2CCC[C@@H](c3n[nH]c(=O)n3-c3ccccc3)C2)cn1.